The van der Waals surface area contributed by atoms with Gasteiger partial charge in [-0.05, 0) is 23.8 Å². The number of nitrogens with zero attached hydrogens (tertiary/aromatic N) is 1. The molecule has 104 valence electrons. The lowest BCUT2D eigenvalue weighted by Crippen LogP contribution is -2.13. The highest BCUT2D eigenvalue weighted by Gasteiger charge is 2.23. The molecule has 0 bridgehead atoms. The molecule has 0 unspecified atom stereocenters. The van der Waals surface area contributed by atoms with Gasteiger partial charge in [0.1, 0.15) is 11.8 Å². The predicted molar refractivity (Wildman–Crippen MR) is 77.9 cm³/mol. The van der Waals surface area contributed by atoms with Gasteiger partial charge in [-0.1, -0.05) is 11.6 Å². The van der Waals surface area contributed by atoms with Crippen LogP contribution >= 0.6 is 11.6 Å². The molecule has 0 fully saturated rings. The summed E-state index contributed by atoms with van der Waals surface area (Å²) in [6.07, 6.45) is 2.57. The van der Waals surface area contributed by atoms with Gasteiger partial charge in [-0.3, -0.25) is 0 Å². The van der Waals surface area contributed by atoms with E-state index in [2.05, 4.69) is 5.32 Å². The minimum atomic E-state index is -3.67. The molecule has 5 nitrogen and oxygen atoms in total. The fraction of sp³-hybridized carbons (Fsp3) is 0.154. The Bertz CT molecular complexity index is 773. The van der Waals surface area contributed by atoms with Gasteiger partial charge in [0.15, 0.2) is 14.7 Å². The van der Waals surface area contributed by atoms with E-state index in [4.69, 9.17) is 21.6 Å². The zero-order valence-electron chi connectivity index (χ0n) is 10.8. The first-order chi connectivity index (χ1) is 9.36. The Balaban J connectivity index is 2.64. The standard InChI is InChI=1S/C13H11ClN2O3S/c1-19-9-4-3-8-5-10(14)13(16-11(8)6-9)12(7-15)20(2,17)18/h3-6,16H,1-2H3. The number of allylic oxidation sites excluding steroid dienone is 2. The summed E-state index contributed by atoms with van der Waals surface area (Å²) in [5, 5.41) is 12.1. The summed E-state index contributed by atoms with van der Waals surface area (Å²) in [5.41, 5.74) is 1.49. The minimum Gasteiger partial charge on any atom is -0.497 e. The van der Waals surface area contributed by atoms with Crippen LogP contribution in [0.3, 0.4) is 0 Å². The van der Waals surface area contributed by atoms with E-state index >= 15 is 0 Å². The normalized spacial score (nSPS) is 16.4. The molecule has 1 N–H and O–H groups in total. The number of anilines is 1. The number of methoxy groups -OCH3 is 1. The first-order valence-electron chi connectivity index (χ1n) is 5.54. The van der Waals surface area contributed by atoms with E-state index in [0.717, 1.165) is 11.8 Å². The molecule has 1 aromatic rings. The van der Waals surface area contributed by atoms with Gasteiger partial charge in [-0.2, -0.15) is 5.26 Å². The average molecular weight is 311 g/mol. The number of halogens is 1. The number of sulfone groups is 1. The van der Waals surface area contributed by atoms with Crippen molar-refractivity contribution in [3.8, 4) is 11.8 Å². The number of nitrogens with one attached hydrogen (secondary N) is 1. The summed E-state index contributed by atoms with van der Waals surface area (Å²) in [5.74, 6) is 0.611. The van der Waals surface area contributed by atoms with Gasteiger partial charge in [-0.25, -0.2) is 8.42 Å². The van der Waals surface area contributed by atoms with Crippen LogP contribution < -0.4 is 10.1 Å². The molecule has 1 aromatic carbocycles. The van der Waals surface area contributed by atoms with Crippen LogP contribution in [0.2, 0.25) is 0 Å². The van der Waals surface area contributed by atoms with E-state index in [1.807, 2.05) is 0 Å². The van der Waals surface area contributed by atoms with Crippen molar-refractivity contribution >= 4 is 33.2 Å². The molecule has 1 heterocycles. The Morgan fingerprint density at radius 3 is 2.70 bits per heavy atom. The van der Waals surface area contributed by atoms with E-state index in [0.29, 0.717) is 11.4 Å². The van der Waals surface area contributed by atoms with Crippen LogP contribution in [0.4, 0.5) is 5.69 Å². The fourth-order valence-electron chi connectivity index (χ4n) is 1.79. The van der Waals surface area contributed by atoms with Crippen molar-refractivity contribution in [3.63, 3.8) is 0 Å². The van der Waals surface area contributed by atoms with E-state index in [9.17, 15) is 8.42 Å². The molecule has 0 radical (unpaired) electrons. The third kappa shape index (κ3) is 2.64. The van der Waals surface area contributed by atoms with Gasteiger partial charge in [-0.15, -0.1) is 0 Å². The molecule has 1 aliphatic heterocycles. The smallest absolute Gasteiger partial charge is 0.187 e. The van der Waals surface area contributed by atoms with E-state index in [-0.39, 0.29) is 10.7 Å². The summed E-state index contributed by atoms with van der Waals surface area (Å²) >= 11 is 6.06. The van der Waals surface area contributed by atoms with Crippen LogP contribution in [-0.2, 0) is 9.84 Å². The number of hydrogen-bond acceptors (Lipinski definition) is 5. The number of rotatable bonds is 2. The molecule has 0 aromatic heterocycles. The molecule has 0 atom stereocenters. The molecule has 0 saturated carbocycles. The van der Waals surface area contributed by atoms with Crippen LogP contribution in [0.25, 0.3) is 6.08 Å². The Hall–Kier alpha value is -1.97. The van der Waals surface area contributed by atoms with Gasteiger partial charge in [0.2, 0.25) is 0 Å². The van der Waals surface area contributed by atoms with E-state index < -0.39 is 14.7 Å². The van der Waals surface area contributed by atoms with Crippen molar-refractivity contribution in [1.29, 1.82) is 5.26 Å². The van der Waals surface area contributed by atoms with Gasteiger partial charge in [0, 0.05) is 18.0 Å². The van der Waals surface area contributed by atoms with Crippen molar-refractivity contribution in [2.45, 2.75) is 0 Å². The number of ether oxygens (including phenoxy) is 1. The van der Waals surface area contributed by atoms with Gasteiger partial charge in [0.25, 0.3) is 0 Å². The fourth-order valence-corrected chi connectivity index (χ4v) is 2.80. The predicted octanol–water partition coefficient (Wildman–Crippen LogP) is 2.48. The topological polar surface area (TPSA) is 79.2 Å². The summed E-state index contributed by atoms with van der Waals surface area (Å²) in [6.45, 7) is 0. The maximum Gasteiger partial charge on any atom is 0.187 e. The van der Waals surface area contributed by atoms with E-state index in [1.54, 1.807) is 30.3 Å². The van der Waals surface area contributed by atoms with Crippen molar-refractivity contribution < 1.29 is 13.2 Å². The molecule has 0 aliphatic carbocycles. The summed E-state index contributed by atoms with van der Waals surface area (Å²) in [7, 11) is -2.14. The van der Waals surface area contributed by atoms with Crippen LogP contribution in [0.1, 0.15) is 5.56 Å². The SMILES string of the molecule is COc1ccc2c(c1)NC(=C(C#N)S(C)(=O)=O)C(Cl)=C2. The number of nitriles is 1. The molecule has 20 heavy (non-hydrogen) atoms. The first-order valence-corrected chi connectivity index (χ1v) is 7.81. The van der Waals surface area contributed by atoms with Gasteiger partial charge < -0.3 is 10.1 Å². The molecule has 0 amide bonds. The highest BCUT2D eigenvalue weighted by atomic mass is 35.5. The Kier molecular flexibility index (Phi) is 3.75. The molecule has 1 aliphatic rings. The molecule has 2 rings (SSSR count). The Morgan fingerprint density at radius 2 is 2.15 bits per heavy atom. The maximum atomic E-state index is 11.6. The second-order valence-electron chi connectivity index (χ2n) is 4.16. The van der Waals surface area contributed by atoms with Crippen molar-refractivity contribution in [3.05, 3.63) is 39.4 Å². The third-order valence-electron chi connectivity index (χ3n) is 2.74. The zero-order valence-corrected chi connectivity index (χ0v) is 12.3. The number of hydrogen-bond donors (Lipinski definition) is 1. The molecule has 7 heteroatoms. The van der Waals surface area contributed by atoms with Crippen LogP contribution in [0, 0.1) is 11.3 Å². The second kappa shape index (κ2) is 5.19. The second-order valence-corrected chi connectivity index (χ2v) is 6.52. The van der Waals surface area contributed by atoms with Crippen LogP contribution in [0.15, 0.2) is 33.8 Å². The lowest BCUT2D eigenvalue weighted by molar-refractivity contribution is 0.415. The van der Waals surface area contributed by atoms with Crippen molar-refractivity contribution in [2.75, 3.05) is 18.7 Å². The average Bonchev–Trinajstić information content (AvgIpc) is 2.38. The first kappa shape index (κ1) is 14.4. The van der Waals surface area contributed by atoms with Crippen molar-refractivity contribution in [2.24, 2.45) is 0 Å². The van der Waals surface area contributed by atoms with Gasteiger partial charge in [0.05, 0.1) is 17.8 Å². The lowest BCUT2D eigenvalue weighted by Gasteiger charge is -2.20. The lowest BCUT2D eigenvalue weighted by atomic mass is 10.1. The Labute approximate surface area is 122 Å². The summed E-state index contributed by atoms with van der Waals surface area (Å²) in [6, 6.07) is 6.92. The number of benzene rings is 1. The largest absolute Gasteiger partial charge is 0.497 e. The zero-order chi connectivity index (χ0) is 14.9. The highest BCUT2D eigenvalue weighted by Crippen LogP contribution is 2.35. The van der Waals surface area contributed by atoms with E-state index in [1.165, 1.54) is 7.11 Å². The highest BCUT2D eigenvalue weighted by molar-refractivity contribution is 7.94. The van der Waals surface area contributed by atoms with Crippen LogP contribution in [0.5, 0.6) is 5.75 Å². The van der Waals surface area contributed by atoms with Crippen LogP contribution in [-0.4, -0.2) is 21.8 Å². The molecular formula is C13H11ClN2O3S. The Morgan fingerprint density at radius 1 is 1.45 bits per heavy atom. The molecule has 0 spiro atoms. The molecule has 0 saturated heterocycles. The minimum absolute atomic E-state index is 0.0809. The summed E-state index contributed by atoms with van der Waals surface area (Å²) < 4.78 is 28.3. The summed E-state index contributed by atoms with van der Waals surface area (Å²) in [4.78, 5) is -0.396. The van der Waals surface area contributed by atoms with Crippen molar-refractivity contribution in [1.82, 2.24) is 0 Å². The third-order valence-corrected chi connectivity index (χ3v) is 4.08. The quantitative estimate of drug-likeness (QED) is 0.849. The maximum absolute atomic E-state index is 11.6. The number of fused-ring (bicyclic) bond motifs is 1. The monoisotopic (exact) mass is 310 g/mol. The molecular weight excluding hydrogens is 300 g/mol. The van der Waals surface area contributed by atoms with Gasteiger partial charge >= 0.3 is 0 Å².